The van der Waals surface area contributed by atoms with Crippen LogP contribution >= 0.6 is 11.8 Å². The van der Waals surface area contributed by atoms with Gasteiger partial charge < -0.3 is 10.7 Å². The Morgan fingerprint density at radius 2 is 2.13 bits per heavy atom. The van der Waals surface area contributed by atoms with E-state index < -0.39 is 11.6 Å². The van der Waals surface area contributed by atoms with E-state index in [4.69, 9.17) is 5.73 Å². The number of halogens is 2. The molecule has 2 aromatic rings. The molecule has 3 N–H and O–H groups in total. The van der Waals surface area contributed by atoms with Gasteiger partial charge in [0.25, 0.3) is 0 Å². The van der Waals surface area contributed by atoms with Crippen LogP contribution in [0.2, 0.25) is 0 Å². The first kappa shape index (κ1) is 9.91. The zero-order valence-electron chi connectivity index (χ0n) is 7.37. The minimum Gasteiger partial charge on any atom is -0.381 e. The molecule has 0 aliphatic carbocycles. The van der Waals surface area contributed by atoms with Gasteiger partial charge in [-0.05, 0) is 11.8 Å². The molecule has 15 heavy (non-hydrogen) atoms. The summed E-state index contributed by atoms with van der Waals surface area (Å²) in [6, 6.07) is 0.702. The highest BCUT2D eigenvalue weighted by molar-refractivity contribution is 7.99. The molecule has 2 heterocycles. The summed E-state index contributed by atoms with van der Waals surface area (Å²) in [5.74, 6) is -1.95. The standard InChI is InChI=1S/C8H6F2N4S/c9-4-3-5(10)7(14-6(4)11)15-8-12-1-2-13-8/h1-3H,(H2,11,14)(H,12,13). The van der Waals surface area contributed by atoms with Gasteiger partial charge in [-0.3, -0.25) is 0 Å². The van der Waals surface area contributed by atoms with Crippen LogP contribution in [0.3, 0.4) is 0 Å². The van der Waals surface area contributed by atoms with Gasteiger partial charge in [0.05, 0.1) is 0 Å². The van der Waals surface area contributed by atoms with E-state index in [9.17, 15) is 8.78 Å². The minimum absolute atomic E-state index is 0.0103. The van der Waals surface area contributed by atoms with Gasteiger partial charge in [0.1, 0.15) is 5.03 Å². The molecule has 78 valence electrons. The number of nitrogens with one attached hydrogen (secondary N) is 1. The van der Waals surface area contributed by atoms with E-state index >= 15 is 0 Å². The molecule has 0 spiro atoms. The maximum absolute atomic E-state index is 13.2. The van der Waals surface area contributed by atoms with Crippen molar-refractivity contribution in [2.24, 2.45) is 0 Å². The fraction of sp³-hybridized carbons (Fsp3) is 0. The molecule has 0 aliphatic rings. The third kappa shape index (κ3) is 2.07. The van der Waals surface area contributed by atoms with Crippen LogP contribution in [0, 0.1) is 11.6 Å². The largest absolute Gasteiger partial charge is 0.381 e. The number of nitrogens with two attached hydrogens (primary N) is 1. The summed E-state index contributed by atoms with van der Waals surface area (Å²) in [5.41, 5.74) is 5.22. The number of nitrogens with zero attached hydrogens (tertiary/aromatic N) is 2. The van der Waals surface area contributed by atoms with Crippen LogP contribution in [0.25, 0.3) is 0 Å². The first-order valence-corrected chi connectivity index (χ1v) is 4.77. The van der Waals surface area contributed by atoms with Gasteiger partial charge in [-0.1, -0.05) is 0 Å². The topological polar surface area (TPSA) is 67.6 Å². The second kappa shape index (κ2) is 3.85. The number of nitrogen functional groups attached to an aromatic ring is 1. The Labute approximate surface area is 87.9 Å². The molecule has 0 fully saturated rings. The Hall–Kier alpha value is -1.63. The molecule has 2 rings (SSSR count). The van der Waals surface area contributed by atoms with Gasteiger partial charge >= 0.3 is 0 Å². The van der Waals surface area contributed by atoms with Crippen LogP contribution in [0.15, 0.2) is 28.6 Å². The van der Waals surface area contributed by atoms with Crippen LogP contribution in [-0.4, -0.2) is 15.0 Å². The third-order valence-corrected chi connectivity index (χ3v) is 2.49. The van der Waals surface area contributed by atoms with Crippen molar-refractivity contribution in [3.63, 3.8) is 0 Å². The van der Waals surface area contributed by atoms with Crippen LogP contribution in [-0.2, 0) is 0 Å². The minimum atomic E-state index is -0.865. The monoisotopic (exact) mass is 228 g/mol. The molecule has 0 bridgehead atoms. The van der Waals surface area contributed by atoms with Crippen LogP contribution in [0.5, 0.6) is 0 Å². The second-order valence-electron chi connectivity index (χ2n) is 2.64. The fourth-order valence-corrected chi connectivity index (χ4v) is 1.66. The van der Waals surface area contributed by atoms with E-state index in [1.807, 2.05) is 0 Å². The molecule has 0 saturated heterocycles. The summed E-state index contributed by atoms with van der Waals surface area (Å²) >= 11 is 0.944. The van der Waals surface area contributed by atoms with E-state index in [0.29, 0.717) is 11.2 Å². The summed E-state index contributed by atoms with van der Waals surface area (Å²) in [7, 11) is 0. The second-order valence-corrected chi connectivity index (χ2v) is 3.62. The molecule has 0 aliphatic heterocycles. The van der Waals surface area contributed by atoms with Crippen molar-refractivity contribution in [1.82, 2.24) is 15.0 Å². The first-order valence-electron chi connectivity index (χ1n) is 3.95. The van der Waals surface area contributed by atoms with E-state index in [-0.39, 0.29) is 10.8 Å². The van der Waals surface area contributed by atoms with E-state index in [1.54, 1.807) is 6.20 Å². The predicted octanol–water partition coefficient (Wildman–Crippen LogP) is 1.82. The van der Waals surface area contributed by atoms with Crippen LogP contribution < -0.4 is 5.73 Å². The van der Waals surface area contributed by atoms with Crippen LogP contribution in [0.1, 0.15) is 0 Å². The van der Waals surface area contributed by atoms with Crippen molar-refractivity contribution >= 4 is 17.6 Å². The van der Waals surface area contributed by atoms with Crippen LogP contribution in [0.4, 0.5) is 14.6 Å². The lowest BCUT2D eigenvalue weighted by Gasteiger charge is -2.01. The Bertz CT molecular complexity index is 472. The van der Waals surface area contributed by atoms with E-state index in [0.717, 1.165) is 11.8 Å². The summed E-state index contributed by atoms with van der Waals surface area (Å²) in [4.78, 5) is 10.2. The number of anilines is 1. The van der Waals surface area contributed by atoms with E-state index in [1.165, 1.54) is 6.20 Å². The normalized spacial score (nSPS) is 10.5. The Morgan fingerprint density at radius 1 is 1.33 bits per heavy atom. The molecule has 0 amide bonds. The summed E-state index contributed by atoms with van der Waals surface area (Å²) in [6.45, 7) is 0. The average molecular weight is 228 g/mol. The molecule has 0 unspecified atom stereocenters. The fourth-order valence-electron chi connectivity index (χ4n) is 0.933. The maximum Gasteiger partial charge on any atom is 0.171 e. The zero-order chi connectivity index (χ0) is 10.8. The molecule has 0 saturated carbocycles. The molecule has 7 heteroatoms. The number of aromatic nitrogens is 3. The van der Waals surface area contributed by atoms with Crippen molar-refractivity contribution in [3.8, 4) is 0 Å². The van der Waals surface area contributed by atoms with Gasteiger partial charge in [0.2, 0.25) is 0 Å². The molecule has 4 nitrogen and oxygen atoms in total. The quantitative estimate of drug-likeness (QED) is 0.822. The van der Waals surface area contributed by atoms with Gasteiger partial charge in [-0.25, -0.2) is 18.7 Å². The van der Waals surface area contributed by atoms with Crippen molar-refractivity contribution in [3.05, 3.63) is 30.1 Å². The van der Waals surface area contributed by atoms with Gasteiger partial charge in [-0.15, -0.1) is 0 Å². The molecule has 2 aromatic heterocycles. The highest BCUT2D eigenvalue weighted by Gasteiger charge is 2.11. The van der Waals surface area contributed by atoms with E-state index in [2.05, 4.69) is 15.0 Å². The van der Waals surface area contributed by atoms with Crippen molar-refractivity contribution in [2.45, 2.75) is 10.2 Å². The summed E-state index contributed by atoms with van der Waals surface area (Å²) in [6.07, 6.45) is 3.11. The number of pyridine rings is 1. The molecular formula is C8H6F2N4S. The predicted molar refractivity (Wildman–Crippen MR) is 51.3 cm³/mol. The number of H-pyrrole nitrogens is 1. The maximum atomic E-state index is 13.2. The van der Waals surface area contributed by atoms with Gasteiger partial charge in [0, 0.05) is 18.5 Å². The van der Waals surface area contributed by atoms with Gasteiger partial charge in [0.15, 0.2) is 22.6 Å². The summed E-state index contributed by atoms with van der Waals surface area (Å²) in [5, 5.41) is 0.455. The lowest BCUT2D eigenvalue weighted by atomic mass is 10.4. The zero-order valence-corrected chi connectivity index (χ0v) is 8.18. The van der Waals surface area contributed by atoms with Crippen molar-refractivity contribution in [2.75, 3.05) is 5.73 Å². The van der Waals surface area contributed by atoms with Crippen molar-refractivity contribution in [1.29, 1.82) is 0 Å². The third-order valence-electron chi connectivity index (χ3n) is 1.59. The smallest absolute Gasteiger partial charge is 0.171 e. The SMILES string of the molecule is Nc1nc(Sc2ncc[nH]2)c(F)cc1F. The number of imidazole rings is 1. The molecular weight excluding hydrogens is 222 g/mol. The number of aromatic amines is 1. The molecule has 0 radical (unpaired) electrons. The Morgan fingerprint density at radius 3 is 2.80 bits per heavy atom. The summed E-state index contributed by atoms with van der Waals surface area (Å²) < 4.78 is 26.0. The highest BCUT2D eigenvalue weighted by Crippen LogP contribution is 2.26. The first-order chi connectivity index (χ1) is 7.16. The lowest BCUT2D eigenvalue weighted by molar-refractivity contribution is 0.552. The van der Waals surface area contributed by atoms with Gasteiger partial charge in [-0.2, -0.15) is 0 Å². The number of hydrogen-bond donors (Lipinski definition) is 2. The molecule has 0 atom stereocenters. The highest BCUT2D eigenvalue weighted by atomic mass is 32.2. The Kier molecular flexibility index (Phi) is 2.55. The Balaban J connectivity index is 2.33. The number of hydrogen-bond acceptors (Lipinski definition) is 4. The lowest BCUT2D eigenvalue weighted by Crippen LogP contribution is -1.98. The van der Waals surface area contributed by atoms with Crippen molar-refractivity contribution < 1.29 is 8.78 Å². The number of rotatable bonds is 2. The molecule has 0 aromatic carbocycles. The average Bonchev–Trinajstić information content (AvgIpc) is 2.67.